The molecule has 0 spiro atoms. The van der Waals surface area contributed by atoms with Gasteiger partial charge in [0.25, 0.3) is 0 Å². The Morgan fingerprint density at radius 2 is 1.55 bits per heavy atom. The summed E-state index contributed by atoms with van der Waals surface area (Å²) in [6, 6.07) is 13.0. The van der Waals surface area contributed by atoms with E-state index in [0.29, 0.717) is 23.3 Å². The lowest BCUT2D eigenvalue weighted by Crippen LogP contribution is -2.21. The van der Waals surface area contributed by atoms with E-state index in [4.69, 9.17) is 29.2 Å². The van der Waals surface area contributed by atoms with Crippen molar-refractivity contribution in [1.29, 1.82) is 0 Å². The Hall–Kier alpha value is -3.44. The van der Waals surface area contributed by atoms with Crippen LogP contribution >= 0.6 is 0 Å². The predicted octanol–water partition coefficient (Wildman–Crippen LogP) is 0.688. The first-order chi connectivity index (χ1) is 13.5. The van der Waals surface area contributed by atoms with Crippen molar-refractivity contribution < 1.29 is 32.0 Å². The highest BCUT2D eigenvalue weighted by Crippen LogP contribution is 2.17. The normalized spacial score (nSPS) is 10.2. The molecule has 0 amide bonds. The quantitative estimate of drug-likeness (QED) is 0.231. The zero-order valence-electron chi connectivity index (χ0n) is 15.7. The van der Waals surface area contributed by atoms with Crippen molar-refractivity contribution in [1.82, 2.24) is 0 Å². The summed E-state index contributed by atoms with van der Waals surface area (Å²) in [4.78, 5) is 27.1. The standard InChI is InChI=1S/C17H17N3O4.CH4O3S/c1-23-15(21)10-11-2-8-14(9-3-11)24-16(22)12-4-6-13(7-5-12)20-17(18)19;1-5(2,3)4/h2-9H,10H2,1H3,(H4,18,19,20);1H3,(H,2,3,4)/p-1. The maximum absolute atomic E-state index is 12.1. The fraction of sp³-hybridized carbons (Fsp3) is 0.167. The highest BCUT2D eigenvalue weighted by atomic mass is 32.2. The molecule has 0 aliphatic carbocycles. The van der Waals surface area contributed by atoms with Crippen LogP contribution in [-0.2, 0) is 26.1 Å². The van der Waals surface area contributed by atoms with Crippen molar-refractivity contribution in [2.24, 2.45) is 16.5 Å². The van der Waals surface area contributed by atoms with Gasteiger partial charge in [-0.05, 0) is 42.0 Å². The molecule has 0 heterocycles. The first-order valence-electron chi connectivity index (χ1n) is 7.96. The van der Waals surface area contributed by atoms with Gasteiger partial charge in [0.15, 0.2) is 5.96 Å². The van der Waals surface area contributed by atoms with E-state index >= 15 is 0 Å². The van der Waals surface area contributed by atoms with Gasteiger partial charge >= 0.3 is 11.9 Å². The number of benzene rings is 2. The molecular formula is C18H20N3O7S-. The van der Waals surface area contributed by atoms with E-state index in [1.54, 1.807) is 48.5 Å². The molecule has 0 aliphatic heterocycles. The Morgan fingerprint density at radius 1 is 1.03 bits per heavy atom. The Bertz CT molecular complexity index is 958. The molecule has 11 heteroatoms. The minimum absolute atomic E-state index is 0.0580. The topological polar surface area (TPSA) is 174 Å². The van der Waals surface area contributed by atoms with Crippen LogP contribution in [0.1, 0.15) is 15.9 Å². The largest absolute Gasteiger partial charge is 0.748 e. The lowest BCUT2D eigenvalue weighted by Gasteiger charge is -2.06. The summed E-state index contributed by atoms with van der Waals surface area (Å²) in [6.45, 7) is 0. The van der Waals surface area contributed by atoms with Crippen molar-refractivity contribution >= 4 is 33.7 Å². The number of nitrogens with zero attached hydrogens (tertiary/aromatic N) is 1. The van der Waals surface area contributed by atoms with Gasteiger partial charge < -0.3 is 25.5 Å². The van der Waals surface area contributed by atoms with Crippen molar-refractivity contribution in [2.45, 2.75) is 6.42 Å². The smallest absolute Gasteiger partial charge is 0.343 e. The van der Waals surface area contributed by atoms with E-state index < -0.39 is 16.1 Å². The number of carbonyl (C=O) groups excluding carboxylic acids is 2. The van der Waals surface area contributed by atoms with Gasteiger partial charge in [0.05, 0.1) is 34.9 Å². The number of guanidine groups is 1. The molecule has 2 aromatic rings. The van der Waals surface area contributed by atoms with Gasteiger partial charge in [0, 0.05) is 6.26 Å². The molecular weight excluding hydrogens is 402 g/mol. The first kappa shape index (κ1) is 23.6. The molecule has 0 saturated carbocycles. The van der Waals surface area contributed by atoms with Crippen LogP contribution in [0, 0.1) is 0 Å². The zero-order valence-corrected chi connectivity index (χ0v) is 16.5. The molecule has 0 bridgehead atoms. The molecule has 29 heavy (non-hydrogen) atoms. The third-order valence-corrected chi connectivity index (χ3v) is 3.07. The van der Waals surface area contributed by atoms with E-state index in [1.165, 1.54) is 7.11 Å². The van der Waals surface area contributed by atoms with Gasteiger partial charge in [0.1, 0.15) is 5.75 Å². The molecule has 2 rings (SSSR count). The van der Waals surface area contributed by atoms with Gasteiger partial charge in [-0.15, -0.1) is 0 Å². The Morgan fingerprint density at radius 3 is 2.00 bits per heavy atom. The second-order valence-corrected chi connectivity index (χ2v) is 6.98. The van der Waals surface area contributed by atoms with E-state index in [1.807, 2.05) is 0 Å². The summed E-state index contributed by atoms with van der Waals surface area (Å²) >= 11 is 0. The summed E-state index contributed by atoms with van der Waals surface area (Å²) < 4.78 is 37.1. The second kappa shape index (κ2) is 10.8. The van der Waals surface area contributed by atoms with Gasteiger partial charge in [0.2, 0.25) is 0 Å². The number of rotatable bonds is 5. The number of carbonyl (C=O) groups is 2. The second-order valence-electron chi connectivity index (χ2n) is 5.57. The lowest BCUT2D eigenvalue weighted by molar-refractivity contribution is -0.139. The first-order valence-corrected chi connectivity index (χ1v) is 9.78. The monoisotopic (exact) mass is 422 g/mol. The predicted molar refractivity (Wildman–Crippen MR) is 105 cm³/mol. The molecule has 4 N–H and O–H groups in total. The summed E-state index contributed by atoms with van der Waals surface area (Å²) in [5, 5.41) is 0. The van der Waals surface area contributed by atoms with Crippen molar-refractivity contribution in [3.8, 4) is 5.75 Å². The number of aliphatic imine (C=N–C) groups is 1. The average molecular weight is 422 g/mol. The van der Waals surface area contributed by atoms with E-state index in [0.717, 1.165) is 5.56 Å². The van der Waals surface area contributed by atoms with E-state index in [-0.39, 0.29) is 18.3 Å². The maximum Gasteiger partial charge on any atom is 0.343 e. The fourth-order valence-corrected chi connectivity index (χ4v) is 1.90. The van der Waals surface area contributed by atoms with Crippen LogP contribution in [0.2, 0.25) is 0 Å². The Kier molecular flexibility index (Phi) is 8.77. The summed E-state index contributed by atoms with van der Waals surface area (Å²) in [5.41, 5.74) is 12.2. The van der Waals surface area contributed by atoms with Crippen molar-refractivity contribution in [3.05, 3.63) is 59.7 Å². The van der Waals surface area contributed by atoms with Crippen LogP contribution in [0.15, 0.2) is 53.5 Å². The lowest BCUT2D eigenvalue weighted by atomic mass is 10.1. The fourth-order valence-electron chi connectivity index (χ4n) is 1.90. The van der Waals surface area contributed by atoms with Crippen LogP contribution in [-0.4, -0.2) is 44.2 Å². The van der Waals surface area contributed by atoms with Gasteiger partial charge in [-0.2, -0.15) is 0 Å². The van der Waals surface area contributed by atoms with Gasteiger partial charge in [-0.25, -0.2) is 18.2 Å². The molecule has 0 fully saturated rings. The van der Waals surface area contributed by atoms with Crippen molar-refractivity contribution in [3.63, 3.8) is 0 Å². The van der Waals surface area contributed by atoms with E-state index in [2.05, 4.69) is 9.73 Å². The molecule has 10 nitrogen and oxygen atoms in total. The van der Waals surface area contributed by atoms with Crippen LogP contribution in [0.4, 0.5) is 5.69 Å². The molecule has 0 unspecified atom stereocenters. The number of hydrogen-bond acceptors (Lipinski definition) is 8. The molecule has 156 valence electrons. The summed E-state index contributed by atoms with van der Waals surface area (Å²) in [5.74, 6) is -0.521. The van der Waals surface area contributed by atoms with Crippen LogP contribution in [0.3, 0.4) is 0 Å². The summed E-state index contributed by atoms with van der Waals surface area (Å²) in [7, 11) is -2.59. The molecule has 0 saturated heterocycles. The minimum atomic E-state index is -3.92. The summed E-state index contributed by atoms with van der Waals surface area (Å²) in [6.07, 6.45) is 0.768. The van der Waals surface area contributed by atoms with Gasteiger partial charge in [-0.3, -0.25) is 4.79 Å². The number of nitrogens with two attached hydrogens (primary N) is 2. The van der Waals surface area contributed by atoms with Crippen molar-refractivity contribution in [2.75, 3.05) is 13.4 Å². The Balaban J connectivity index is 0.000000749. The number of ether oxygens (including phenoxy) is 2. The van der Waals surface area contributed by atoms with Gasteiger partial charge in [-0.1, -0.05) is 12.1 Å². The molecule has 0 aliphatic rings. The van der Waals surface area contributed by atoms with Crippen LogP contribution < -0.4 is 16.2 Å². The number of methoxy groups -OCH3 is 1. The maximum atomic E-state index is 12.1. The zero-order chi connectivity index (χ0) is 22.0. The Labute approximate surface area is 167 Å². The van der Waals surface area contributed by atoms with E-state index in [9.17, 15) is 9.59 Å². The number of hydrogen-bond donors (Lipinski definition) is 2. The molecule has 0 aromatic heterocycles. The highest BCUT2D eigenvalue weighted by molar-refractivity contribution is 7.84. The minimum Gasteiger partial charge on any atom is -0.748 e. The molecule has 0 atom stereocenters. The number of esters is 2. The SMILES string of the molecule is COC(=O)Cc1ccc(OC(=O)c2ccc(N=C(N)N)cc2)cc1.CS(=O)(=O)[O-]. The van der Waals surface area contributed by atoms with Crippen LogP contribution in [0.5, 0.6) is 5.75 Å². The average Bonchev–Trinajstić information content (AvgIpc) is 2.62. The molecule has 0 radical (unpaired) electrons. The third-order valence-electron chi connectivity index (χ3n) is 3.07. The van der Waals surface area contributed by atoms with Crippen LogP contribution in [0.25, 0.3) is 0 Å². The molecule has 2 aromatic carbocycles. The highest BCUT2D eigenvalue weighted by Gasteiger charge is 2.09. The third kappa shape index (κ3) is 10.5.